The van der Waals surface area contributed by atoms with Crippen molar-refractivity contribution in [2.24, 2.45) is 11.3 Å². The number of hydrogen-bond acceptors (Lipinski definition) is 7. The first-order chi connectivity index (χ1) is 18.7. The standard InChI is InChI=1S/C32H38N2O5/c1-30-6-4-21-11-22-12-24(35)23(34-16-26(37)27(38)17-34)14-31(22)7-8-32(21,39-31)28(30)13-25(36)29(30)19-3-2-18-5-9-33-15-20(18)10-19/h2-5,9-11,15,23-29,35-38H,6-8,12-14,16-17H2,1H3/t23-,24+,25+,26-,27-,28+,29-,30-,31+,32?/m0/s1. The molecule has 2 bridgehead atoms. The molecule has 10 atom stereocenters. The van der Waals surface area contributed by atoms with Gasteiger partial charge in [0.05, 0.1) is 35.6 Å². The molecular weight excluding hydrogens is 492 g/mol. The number of aliphatic hydroxyl groups is 4. The van der Waals surface area contributed by atoms with Gasteiger partial charge in [-0.1, -0.05) is 31.2 Å². The van der Waals surface area contributed by atoms with Gasteiger partial charge in [0.1, 0.15) is 0 Å². The minimum absolute atomic E-state index is 0.0123. The molecule has 4 heterocycles. The summed E-state index contributed by atoms with van der Waals surface area (Å²) in [7, 11) is 0. The fraction of sp³-hybridized carbons (Fsp3) is 0.594. The van der Waals surface area contributed by atoms with Gasteiger partial charge in [0.15, 0.2) is 0 Å². The molecule has 8 rings (SSSR count). The van der Waals surface area contributed by atoms with E-state index in [4.69, 9.17) is 4.74 Å². The molecule has 4 fully saturated rings. The average Bonchev–Trinajstić information content (AvgIpc) is 3.52. The number of benzene rings is 1. The second kappa shape index (κ2) is 8.21. The van der Waals surface area contributed by atoms with Gasteiger partial charge in [0.2, 0.25) is 0 Å². The summed E-state index contributed by atoms with van der Waals surface area (Å²) < 4.78 is 7.33. The third-order valence-electron chi connectivity index (χ3n) is 11.6. The number of fused-ring (bicyclic) bond motifs is 2. The molecule has 3 aliphatic heterocycles. The summed E-state index contributed by atoms with van der Waals surface area (Å²) in [6.45, 7) is 3.11. The lowest BCUT2D eigenvalue weighted by atomic mass is 9.58. The second-order valence-corrected chi connectivity index (χ2v) is 13.5. The van der Waals surface area contributed by atoms with E-state index in [9.17, 15) is 20.4 Å². The molecule has 6 aliphatic rings. The highest BCUT2D eigenvalue weighted by atomic mass is 16.5. The minimum atomic E-state index is -0.773. The van der Waals surface area contributed by atoms with Crippen molar-refractivity contribution in [1.82, 2.24) is 9.88 Å². The van der Waals surface area contributed by atoms with Crippen molar-refractivity contribution >= 4 is 10.8 Å². The fourth-order valence-corrected chi connectivity index (χ4v) is 9.71. The number of aromatic nitrogens is 1. The van der Waals surface area contributed by atoms with E-state index in [0.29, 0.717) is 32.4 Å². The van der Waals surface area contributed by atoms with Gasteiger partial charge in [0.25, 0.3) is 0 Å². The first kappa shape index (κ1) is 24.6. The number of pyridine rings is 1. The molecule has 2 saturated carbocycles. The number of hydrogen-bond donors (Lipinski definition) is 4. The molecule has 39 heavy (non-hydrogen) atoms. The maximum absolute atomic E-state index is 11.6. The molecule has 1 unspecified atom stereocenters. The highest BCUT2D eigenvalue weighted by molar-refractivity contribution is 5.82. The lowest BCUT2D eigenvalue weighted by molar-refractivity contribution is -0.150. The zero-order valence-corrected chi connectivity index (χ0v) is 22.4. The van der Waals surface area contributed by atoms with Crippen LogP contribution in [0.15, 0.2) is 60.0 Å². The number of aliphatic hydroxyl groups excluding tert-OH is 4. The van der Waals surface area contributed by atoms with Crippen LogP contribution in [0.25, 0.3) is 10.8 Å². The predicted molar refractivity (Wildman–Crippen MR) is 146 cm³/mol. The second-order valence-electron chi connectivity index (χ2n) is 13.5. The van der Waals surface area contributed by atoms with Gasteiger partial charge < -0.3 is 25.2 Å². The first-order valence-electron chi connectivity index (χ1n) is 14.6. The monoisotopic (exact) mass is 530 g/mol. The van der Waals surface area contributed by atoms with Gasteiger partial charge in [-0.2, -0.15) is 0 Å². The van der Waals surface area contributed by atoms with E-state index in [0.717, 1.165) is 30.0 Å². The summed E-state index contributed by atoms with van der Waals surface area (Å²) in [5, 5.41) is 45.4. The normalized spacial score (nSPS) is 46.9. The predicted octanol–water partition coefficient (Wildman–Crippen LogP) is 2.82. The molecule has 1 aromatic heterocycles. The van der Waals surface area contributed by atoms with Gasteiger partial charge in [-0.15, -0.1) is 0 Å². The quantitative estimate of drug-likeness (QED) is 0.473. The van der Waals surface area contributed by atoms with Crippen molar-refractivity contribution in [2.45, 2.75) is 93.0 Å². The van der Waals surface area contributed by atoms with Gasteiger partial charge in [0, 0.05) is 48.7 Å². The zero-order chi connectivity index (χ0) is 26.7. The van der Waals surface area contributed by atoms with Crippen molar-refractivity contribution in [3.63, 3.8) is 0 Å². The molecule has 2 aromatic rings. The number of allylic oxidation sites excluding steroid dienone is 1. The Kier molecular flexibility index (Phi) is 5.19. The highest BCUT2D eigenvalue weighted by Crippen LogP contribution is 2.69. The molecule has 2 saturated heterocycles. The van der Waals surface area contributed by atoms with Crippen LogP contribution in [0.3, 0.4) is 0 Å². The molecule has 7 heteroatoms. The van der Waals surface area contributed by atoms with E-state index in [-0.39, 0.29) is 23.3 Å². The molecule has 206 valence electrons. The summed E-state index contributed by atoms with van der Waals surface area (Å²) >= 11 is 0. The Hall–Kier alpha value is -2.13. The van der Waals surface area contributed by atoms with Crippen LogP contribution in [0, 0.1) is 11.3 Å². The molecule has 0 radical (unpaired) electrons. The number of β-amino-alcohol motifs (C(OH)–C–C–N with tert-alkyl or cyclic N) is 2. The molecule has 7 nitrogen and oxygen atoms in total. The Morgan fingerprint density at radius 1 is 0.974 bits per heavy atom. The van der Waals surface area contributed by atoms with Gasteiger partial charge in [-0.05, 0) is 78.2 Å². The van der Waals surface area contributed by atoms with Crippen LogP contribution >= 0.6 is 0 Å². The lowest BCUT2D eigenvalue weighted by Gasteiger charge is -2.55. The van der Waals surface area contributed by atoms with Crippen LogP contribution in [-0.4, -0.2) is 85.1 Å². The van der Waals surface area contributed by atoms with Crippen molar-refractivity contribution in [3.8, 4) is 0 Å². The molecule has 2 spiro atoms. The van der Waals surface area contributed by atoms with Crippen LogP contribution in [0.2, 0.25) is 0 Å². The smallest absolute Gasteiger partial charge is 0.0975 e. The maximum Gasteiger partial charge on any atom is 0.0975 e. The Morgan fingerprint density at radius 2 is 1.79 bits per heavy atom. The van der Waals surface area contributed by atoms with Gasteiger partial charge >= 0.3 is 0 Å². The zero-order valence-electron chi connectivity index (χ0n) is 22.4. The number of rotatable bonds is 2. The molecule has 3 aliphatic carbocycles. The minimum Gasteiger partial charge on any atom is -0.392 e. The number of ether oxygens (including phenoxy) is 1. The molecule has 4 N–H and O–H groups in total. The number of likely N-dealkylation sites (tertiary alicyclic amines) is 1. The summed E-state index contributed by atoms with van der Waals surface area (Å²) in [6, 6.07) is 8.41. The van der Waals surface area contributed by atoms with E-state index in [1.54, 1.807) is 0 Å². The van der Waals surface area contributed by atoms with Crippen LogP contribution in [0.1, 0.15) is 56.9 Å². The van der Waals surface area contributed by atoms with Crippen LogP contribution in [-0.2, 0) is 4.74 Å². The van der Waals surface area contributed by atoms with Crippen LogP contribution < -0.4 is 0 Å². The molecule has 0 amide bonds. The summed E-state index contributed by atoms with van der Waals surface area (Å²) in [6.07, 6.45) is 10.5. The third kappa shape index (κ3) is 3.29. The van der Waals surface area contributed by atoms with Gasteiger partial charge in [-0.3, -0.25) is 9.88 Å². The Labute approximate surface area is 228 Å². The maximum atomic E-state index is 11.6. The topological polar surface area (TPSA) is 106 Å². The molecule has 1 aromatic carbocycles. The Morgan fingerprint density at radius 3 is 2.62 bits per heavy atom. The Bertz CT molecular complexity index is 1400. The largest absolute Gasteiger partial charge is 0.392 e. The van der Waals surface area contributed by atoms with Crippen molar-refractivity contribution in [3.05, 3.63) is 65.5 Å². The first-order valence-corrected chi connectivity index (χ1v) is 14.6. The van der Waals surface area contributed by atoms with Crippen molar-refractivity contribution < 1.29 is 25.2 Å². The lowest BCUT2D eigenvalue weighted by Crippen LogP contribution is -2.58. The van der Waals surface area contributed by atoms with Crippen LogP contribution in [0.5, 0.6) is 0 Å². The van der Waals surface area contributed by atoms with E-state index in [2.05, 4.69) is 47.2 Å². The van der Waals surface area contributed by atoms with Crippen LogP contribution in [0.4, 0.5) is 0 Å². The number of nitrogens with zero attached hydrogens (tertiary/aromatic N) is 2. The van der Waals surface area contributed by atoms with Crippen molar-refractivity contribution in [1.29, 1.82) is 0 Å². The van der Waals surface area contributed by atoms with Crippen molar-refractivity contribution in [2.75, 3.05) is 13.1 Å². The Balaban J connectivity index is 1.15. The van der Waals surface area contributed by atoms with E-state index in [1.807, 2.05) is 18.5 Å². The van der Waals surface area contributed by atoms with Gasteiger partial charge in [-0.25, -0.2) is 0 Å². The summed E-state index contributed by atoms with van der Waals surface area (Å²) in [4.78, 5) is 6.38. The third-order valence-corrected chi connectivity index (χ3v) is 11.6. The van der Waals surface area contributed by atoms with E-state index < -0.39 is 35.6 Å². The summed E-state index contributed by atoms with van der Waals surface area (Å²) in [5.41, 5.74) is 2.59. The fourth-order valence-electron chi connectivity index (χ4n) is 9.71. The summed E-state index contributed by atoms with van der Waals surface area (Å²) in [5.74, 6) is 0.200. The SMILES string of the molecule is C[C@]12CC=C3C=C4C[C@@H](O)[C@@H](N5C[C@H](O)[C@@H](O)C5)C[C@]45CCC3(O5)[C@@H]1C[C@@H](O)[C@@H]2c1ccc2ccncc2c1. The average molecular weight is 531 g/mol. The molecular formula is C32H38N2O5. The highest BCUT2D eigenvalue weighted by Gasteiger charge is 2.68. The van der Waals surface area contributed by atoms with E-state index >= 15 is 0 Å². The van der Waals surface area contributed by atoms with E-state index in [1.165, 1.54) is 16.7 Å².